The van der Waals surface area contributed by atoms with Gasteiger partial charge in [0.25, 0.3) is 0 Å². The molecule has 3 heteroatoms. The summed E-state index contributed by atoms with van der Waals surface area (Å²) >= 11 is 0. The maximum absolute atomic E-state index is 11.0. The van der Waals surface area contributed by atoms with Crippen molar-refractivity contribution in [2.45, 2.75) is 19.8 Å². The monoisotopic (exact) mass is 159 g/mol. The molecule has 0 heterocycles. The number of rotatable bonds is 4. The van der Waals surface area contributed by atoms with Gasteiger partial charge in [-0.25, -0.2) is 0 Å². The van der Waals surface area contributed by atoms with E-state index < -0.39 is 0 Å². The summed E-state index contributed by atoms with van der Waals surface area (Å²) in [5.41, 5.74) is 0. The summed E-state index contributed by atoms with van der Waals surface area (Å²) in [6.45, 7) is 2.10. The average Bonchev–Trinajstić information content (AvgIpc) is 1.99. The van der Waals surface area contributed by atoms with Crippen LogP contribution in [0.2, 0.25) is 0 Å². The second-order valence-electron chi connectivity index (χ2n) is 3.11. The van der Waals surface area contributed by atoms with Crippen LogP contribution in [0.3, 0.4) is 0 Å². The fraction of sp³-hybridized carbons (Fsp3) is 0.875. The number of carbonyl (C=O) groups is 1. The summed E-state index contributed by atoms with van der Waals surface area (Å²) in [6.07, 6.45) is 1.31. The average molecular weight is 159 g/mol. The maximum atomic E-state index is 11.0. The van der Waals surface area contributed by atoms with Crippen molar-refractivity contribution in [1.82, 2.24) is 4.90 Å². The van der Waals surface area contributed by atoms with E-state index in [4.69, 9.17) is 5.11 Å². The molecule has 1 amide bonds. The Morgan fingerprint density at radius 1 is 1.55 bits per heavy atom. The molecule has 0 aromatic carbocycles. The van der Waals surface area contributed by atoms with E-state index in [1.165, 1.54) is 0 Å². The van der Waals surface area contributed by atoms with Crippen LogP contribution in [-0.4, -0.2) is 36.6 Å². The molecule has 0 bridgehead atoms. The largest absolute Gasteiger partial charge is 0.396 e. The van der Waals surface area contributed by atoms with Crippen molar-refractivity contribution in [3.63, 3.8) is 0 Å². The topological polar surface area (TPSA) is 40.5 Å². The number of aliphatic hydroxyl groups is 1. The molecule has 1 unspecified atom stereocenters. The molecule has 0 aliphatic heterocycles. The van der Waals surface area contributed by atoms with Crippen molar-refractivity contribution in [2.24, 2.45) is 5.92 Å². The lowest BCUT2D eigenvalue weighted by Crippen LogP contribution is -2.22. The molecule has 11 heavy (non-hydrogen) atoms. The first kappa shape index (κ1) is 10.4. The number of carbonyl (C=O) groups excluding carboxylic acids is 1. The predicted octanol–water partition coefficient (Wildman–Crippen LogP) is 0.483. The number of amides is 1. The Bertz CT molecular complexity index is 123. The van der Waals surface area contributed by atoms with Crippen LogP contribution < -0.4 is 0 Å². The van der Waals surface area contributed by atoms with Gasteiger partial charge in [-0.05, 0) is 12.3 Å². The standard InChI is InChI=1S/C8H17NO2/c1-7(6-10)4-5-8(11)9(2)3/h7,10H,4-6H2,1-3H3. The predicted molar refractivity (Wildman–Crippen MR) is 44.2 cm³/mol. The number of hydrogen-bond donors (Lipinski definition) is 1. The van der Waals surface area contributed by atoms with Crippen molar-refractivity contribution in [3.8, 4) is 0 Å². The third kappa shape index (κ3) is 4.79. The first-order valence-corrected chi connectivity index (χ1v) is 3.89. The van der Waals surface area contributed by atoms with Crippen LogP contribution in [0.25, 0.3) is 0 Å². The van der Waals surface area contributed by atoms with E-state index in [2.05, 4.69) is 0 Å². The molecule has 0 saturated heterocycles. The normalized spacial score (nSPS) is 12.7. The van der Waals surface area contributed by atoms with Crippen molar-refractivity contribution < 1.29 is 9.90 Å². The molecule has 0 aliphatic rings. The zero-order chi connectivity index (χ0) is 8.85. The molecule has 1 N–H and O–H groups in total. The first-order valence-electron chi connectivity index (χ1n) is 3.89. The molecule has 0 aromatic rings. The fourth-order valence-electron chi connectivity index (χ4n) is 0.685. The molecule has 0 aliphatic carbocycles. The highest BCUT2D eigenvalue weighted by atomic mass is 16.3. The van der Waals surface area contributed by atoms with Gasteiger partial charge in [0.2, 0.25) is 5.91 Å². The van der Waals surface area contributed by atoms with Crippen LogP contribution in [0.4, 0.5) is 0 Å². The van der Waals surface area contributed by atoms with E-state index in [-0.39, 0.29) is 18.4 Å². The summed E-state index contributed by atoms with van der Waals surface area (Å²) < 4.78 is 0. The molecule has 0 spiro atoms. The second kappa shape index (κ2) is 5.13. The SMILES string of the molecule is CC(CO)CCC(=O)N(C)C. The molecular weight excluding hydrogens is 142 g/mol. The third-order valence-electron chi connectivity index (χ3n) is 1.66. The molecule has 66 valence electrons. The molecule has 0 fully saturated rings. The quantitative estimate of drug-likeness (QED) is 0.648. The van der Waals surface area contributed by atoms with E-state index in [9.17, 15) is 4.79 Å². The van der Waals surface area contributed by atoms with Crippen LogP contribution in [-0.2, 0) is 4.79 Å². The molecule has 0 radical (unpaired) electrons. The lowest BCUT2D eigenvalue weighted by atomic mass is 10.1. The first-order chi connectivity index (χ1) is 5.07. The summed E-state index contributed by atoms with van der Waals surface area (Å²) in [7, 11) is 3.48. The van der Waals surface area contributed by atoms with Gasteiger partial charge in [0.15, 0.2) is 0 Å². The highest BCUT2D eigenvalue weighted by molar-refractivity contribution is 5.75. The van der Waals surface area contributed by atoms with Gasteiger partial charge in [0.05, 0.1) is 0 Å². The summed E-state index contributed by atoms with van der Waals surface area (Å²) in [5.74, 6) is 0.365. The molecular formula is C8H17NO2. The Morgan fingerprint density at radius 3 is 2.45 bits per heavy atom. The minimum Gasteiger partial charge on any atom is -0.396 e. The van der Waals surface area contributed by atoms with Gasteiger partial charge < -0.3 is 10.0 Å². The minimum absolute atomic E-state index is 0.130. The Morgan fingerprint density at radius 2 is 2.09 bits per heavy atom. The molecule has 3 nitrogen and oxygen atoms in total. The van der Waals surface area contributed by atoms with Crippen LogP contribution in [0.1, 0.15) is 19.8 Å². The van der Waals surface area contributed by atoms with Gasteiger partial charge in [0, 0.05) is 27.1 Å². The van der Waals surface area contributed by atoms with Crippen LogP contribution in [0.15, 0.2) is 0 Å². The Labute approximate surface area is 68.0 Å². The van der Waals surface area contributed by atoms with Crippen molar-refractivity contribution in [1.29, 1.82) is 0 Å². The second-order valence-corrected chi connectivity index (χ2v) is 3.11. The number of aliphatic hydroxyl groups excluding tert-OH is 1. The van der Waals surface area contributed by atoms with E-state index in [1.807, 2.05) is 6.92 Å². The maximum Gasteiger partial charge on any atom is 0.222 e. The van der Waals surface area contributed by atoms with E-state index in [0.717, 1.165) is 6.42 Å². The smallest absolute Gasteiger partial charge is 0.222 e. The van der Waals surface area contributed by atoms with Crippen LogP contribution in [0.5, 0.6) is 0 Å². The van der Waals surface area contributed by atoms with Crippen LogP contribution >= 0.6 is 0 Å². The van der Waals surface area contributed by atoms with Gasteiger partial charge in [0.1, 0.15) is 0 Å². The van der Waals surface area contributed by atoms with E-state index >= 15 is 0 Å². The fourth-order valence-corrected chi connectivity index (χ4v) is 0.685. The van der Waals surface area contributed by atoms with Gasteiger partial charge >= 0.3 is 0 Å². The molecule has 0 rings (SSSR count). The Balaban J connectivity index is 3.46. The summed E-state index contributed by atoms with van der Waals surface area (Å²) in [5, 5.41) is 8.66. The van der Waals surface area contributed by atoms with Crippen molar-refractivity contribution in [2.75, 3.05) is 20.7 Å². The van der Waals surface area contributed by atoms with Gasteiger partial charge in [-0.2, -0.15) is 0 Å². The van der Waals surface area contributed by atoms with Crippen molar-refractivity contribution in [3.05, 3.63) is 0 Å². The Kier molecular flexibility index (Phi) is 4.86. The summed E-state index contributed by atoms with van der Waals surface area (Å²) in [6, 6.07) is 0. The zero-order valence-electron chi connectivity index (χ0n) is 7.50. The Hall–Kier alpha value is -0.570. The minimum atomic E-state index is 0.130. The lowest BCUT2D eigenvalue weighted by molar-refractivity contribution is -0.129. The van der Waals surface area contributed by atoms with Gasteiger partial charge in [-0.1, -0.05) is 6.92 Å². The third-order valence-corrected chi connectivity index (χ3v) is 1.66. The lowest BCUT2D eigenvalue weighted by Gasteiger charge is -2.11. The molecule has 1 atom stereocenters. The number of nitrogens with zero attached hydrogens (tertiary/aromatic N) is 1. The highest BCUT2D eigenvalue weighted by Crippen LogP contribution is 2.04. The summed E-state index contributed by atoms with van der Waals surface area (Å²) in [4.78, 5) is 12.6. The van der Waals surface area contributed by atoms with Crippen molar-refractivity contribution >= 4 is 5.91 Å². The molecule has 0 saturated carbocycles. The zero-order valence-corrected chi connectivity index (χ0v) is 7.50. The molecule has 0 aromatic heterocycles. The van der Waals surface area contributed by atoms with Crippen LogP contribution in [0, 0.1) is 5.92 Å². The van der Waals surface area contributed by atoms with E-state index in [0.29, 0.717) is 6.42 Å². The number of hydrogen-bond acceptors (Lipinski definition) is 2. The van der Waals surface area contributed by atoms with Gasteiger partial charge in [-0.3, -0.25) is 4.79 Å². The highest BCUT2D eigenvalue weighted by Gasteiger charge is 2.06. The van der Waals surface area contributed by atoms with E-state index in [1.54, 1.807) is 19.0 Å². The van der Waals surface area contributed by atoms with Gasteiger partial charge in [-0.15, -0.1) is 0 Å².